The molecule has 30 heavy (non-hydrogen) atoms. The number of amides is 2. The number of methoxy groups -OCH3 is 1. The van der Waals surface area contributed by atoms with Crippen LogP contribution in [0.5, 0.6) is 5.75 Å². The fourth-order valence-corrected chi connectivity index (χ4v) is 3.20. The first kappa shape index (κ1) is 23.5. The highest BCUT2D eigenvalue weighted by Gasteiger charge is 2.25. The second-order valence-electron chi connectivity index (χ2n) is 7.68. The van der Waals surface area contributed by atoms with Crippen LogP contribution in [-0.4, -0.2) is 36.4 Å². The van der Waals surface area contributed by atoms with Gasteiger partial charge in [0.1, 0.15) is 11.8 Å². The number of hydrogen-bond acceptors (Lipinski definition) is 3. The van der Waals surface area contributed by atoms with Gasteiger partial charge in [-0.3, -0.25) is 9.59 Å². The van der Waals surface area contributed by atoms with Crippen LogP contribution in [0.25, 0.3) is 0 Å². The lowest BCUT2D eigenvalue weighted by molar-refractivity contribution is -0.140. The molecule has 0 heterocycles. The summed E-state index contributed by atoms with van der Waals surface area (Å²) in [5, 5.41) is 2.95. The van der Waals surface area contributed by atoms with Crippen LogP contribution < -0.4 is 10.1 Å². The van der Waals surface area contributed by atoms with E-state index < -0.39 is 6.04 Å². The number of unbranched alkanes of at least 4 members (excludes halogenated alkanes) is 1. The number of carbonyl (C=O) groups excluding carboxylic acids is 2. The molecule has 162 valence electrons. The van der Waals surface area contributed by atoms with Crippen molar-refractivity contribution in [2.45, 2.75) is 59.0 Å². The molecule has 0 spiro atoms. The van der Waals surface area contributed by atoms with Crippen molar-refractivity contribution < 1.29 is 14.3 Å². The van der Waals surface area contributed by atoms with Crippen LogP contribution in [0.1, 0.15) is 49.8 Å². The van der Waals surface area contributed by atoms with Crippen molar-refractivity contribution in [1.82, 2.24) is 10.2 Å². The maximum atomic E-state index is 13.1. The topological polar surface area (TPSA) is 58.6 Å². The normalized spacial score (nSPS) is 11.6. The first-order valence-electron chi connectivity index (χ1n) is 10.7. The average Bonchev–Trinajstić information content (AvgIpc) is 2.77. The summed E-state index contributed by atoms with van der Waals surface area (Å²) in [5.74, 6) is 0.631. The highest BCUT2D eigenvalue weighted by Crippen LogP contribution is 2.16. The molecule has 0 saturated heterocycles. The van der Waals surface area contributed by atoms with Crippen LogP contribution in [0.4, 0.5) is 0 Å². The van der Waals surface area contributed by atoms with Gasteiger partial charge in [-0.1, -0.05) is 55.3 Å². The Balaban J connectivity index is 2.10. The predicted molar refractivity (Wildman–Crippen MR) is 120 cm³/mol. The van der Waals surface area contributed by atoms with Crippen molar-refractivity contribution in [2.24, 2.45) is 0 Å². The van der Waals surface area contributed by atoms with Crippen LogP contribution in [0.2, 0.25) is 0 Å². The Morgan fingerprint density at radius 1 is 1.03 bits per heavy atom. The summed E-state index contributed by atoms with van der Waals surface area (Å²) < 4.78 is 5.21. The molecule has 1 atom stereocenters. The van der Waals surface area contributed by atoms with E-state index >= 15 is 0 Å². The fourth-order valence-electron chi connectivity index (χ4n) is 3.20. The van der Waals surface area contributed by atoms with E-state index in [-0.39, 0.29) is 11.8 Å². The van der Waals surface area contributed by atoms with Gasteiger partial charge in [0.05, 0.1) is 7.11 Å². The molecular formula is C25H34N2O3. The number of nitrogens with one attached hydrogen (secondary N) is 1. The van der Waals surface area contributed by atoms with E-state index in [1.807, 2.05) is 31.2 Å². The molecule has 0 aromatic heterocycles. The van der Waals surface area contributed by atoms with E-state index in [0.717, 1.165) is 29.7 Å². The molecule has 0 radical (unpaired) electrons. The smallest absolute Gasteiger partial charge is 0.242 e. The number of hydrogen-bond donors (Lipinski definition) is 1. The number of carbonyl (C=O) groups is 2. The van der Waals surface area contributed by atoms with Crippen molar-refractivity contribution in [2.75, 3.05) is 13.7 Å². The van der Waals surface area contributed by atoms with Gasteiger partial charge >= 0.3 is 0 Å². The molecule has 2 rings (SSSR count). The van der Waals surface area contributed by atoms with E-state index in [1.165, 1.54) is 5.56 Å². The molecule has 0 saturated carbocycles. The molecule has 5 heteroatoms. The molecule has 0 aliphatic heterocycles. The first-order chi connectivity index (χ1) is 14.4. The van der Waals surface area contributed by atoms with Crippen molar-refractivity contribution in [3.63, 3.8) is 0 Å². The zero-order valence-corrected chi connectivity index (χ0v) is 18.6. The lowest BCUT2D eigenvalue weighted by atomic mass is 10.1. The number of benzene rings is 2. The molecule has 1 N–H and O–H groups in total. The van der Waals surface area contributed by atoms with Gasteiger partial charge < -0.3 is 15.0 Å². The molecule has 1 unspecified atom stereocenters. The molecule has 2 aromatic carbocycles. The SMILES string of the molecule is CCCCNC(=O)C(C)N(Cc1ccc(OC)cc1)C(=O)CCc1ccc(C)cc1. The Morgan fingerprint density at radius 2 is 1.67 bits per heavy atom. The first-order valence-corrected chi connectivity index (χ1v) is 10.7. The third-order valence-corrected chi connectivity index (χ3v) is 5.26. The minimum Gasteiger partial charge on any atom is -0.497 e. The molecule has 0 aliphatic carbocycles. The number of rotatable bonds is 11. The van der Waals surface area contributed by atoms with Gasteiger partial charge in [-0.2, -0.15) is 0 Å². The van der Waals surface area contributed by atoms with E-state index in [9.17, 15) is 9.59 Å². The van der Waals surface area contributed by atoms with Crippen LogP contribution >= 0.6 is 0 Å². The Hall–Kier alpha value is -2.82. The molecule has 0 fully saturated rings. The molecule has 5 nitrogen and oxygen atoms in total. The zero-order chi connectivity index (χ0) is 21.9. The molecule has 2 amide bonds. The molecular weight excluding hydrogens is 376 g/mol. The van der Waals surface area contributed by atoms with Crippen LogP contribution in [0, 0.1) is 6.92 Å². The number of nitrogens with zero attached hydrogens (tertiary/aromatic N) is 1. The van der Waals surface area contributed by atoms with Crippen LogP contribution in [0.3, 0.4) is 0 Å². The molecule has 0 bridgehead atoms. The summed E-state index contributed by atoms with van der Waals surface area (Å²) >= 11 is 0. The Morgan fingerprint density at radius 3 is 2.27 bits per heavy atom. The summed E-state index contributed by atoms with van der Waals surface area (Å²) in [7, 11) is 1.62. The minimum atomic E-state index is -0.533. The van der Waals surface area contributed by atoms with Crippen molar-refractivity contribution >= 4 is 11.8 Å². The lowest BCUT2D eigenvalue weighted by Crippen LogP contribution is -2.47. The van der Waals surface area contributed by atoms with E-state index in [0.29, 0.717) is 25.9 Å². The van der Waals surface area contributed by atoms with Gasteiger partial charge in [0.25, 0.3) is 0 Å². The Bertz CT molecular complexity index is 800. The summed E-state index contributed by atoms with van der Waals surface area (Å²) in [6.07, 6.45) is 2.96. The van der Waals surface area contributed by atoms with Gasteiger partial charge in [-0.05, 0) is 49.9 Å². The maximum Gasteiger partial charge on any atom is 0.242 e. The second kappa shape index (κ2) is 12.0. The zero-order valence-electron chi connectivity index (χ0n) is 18.6. The summed E-state index contributed by atoms with van der Waals surface area (Å²) in [4.78, 5) is 27.4. The van der Waals surface area contributed by atoms with Crippen molar-refractivity contribution in [1.29, 1.82) is 0 Å². The molecule has 2 aromatic rings. The number of aryl methyl sites for hydroxylation is 2. The number of ether oxygens (including phenoxy) is 1. The summed E-state index contributed by atoms with van der Waals surface area (Å²) in [6.45, 7) is 6.95. The van der Waals surface area contributed by atoms with Crippen molar-refractivity contribution in [3.05, 3.63) is 65.2 Å². The van der Waals surface area contributed by atoms with Gasteiger partial charge in [0.15, 0.2) is 0 Å². The van der Waals surface area contributed by atoms with E-state index in [2.05, 4.69) is 36.5 Å². The van der Waals surface area contributed by atoms with Crippen LogP contribution in [0.15, 0.2) is 48.5 Å². The largest absolute Gasteiger partial charge is 0.497 e. The monoisotopic (exact) mass is 410 g/mol. The predicted octanol–water partition coefficient (Wildman–Crippen LogP) is 4.27. The Kier molecular flexibility index (Phi) is 9.39. The maximum absolute atomic E-state index is 13.1. The standard InChI is InChI=1S/C25H34N2O3/c1-5-6-17-26-25(29)20(3)27(18-22-11-14-23(30-4)15-12-22)24(28)16-13-21-9-7-19(2)8-10-21/h7-12,14-15,20H,5-6,13,16-18H2,1-4H3,(H,26,29). The van der Waals surface area contributed by atoms with E-state index in [4.69, 9.17) is 4.74 Å². The lowest BCUT2D eigenvalue weighted by Gasteiger charge is -2.29. The fraction of sp³-hybridized carbons (Fsp3) is 0.440. The third kappa shape index (κ3) is 7.21. The van der Waals surface area contributed by atoms with Crippen LogP contribution in [-0.2, 0) is 22.6 Å². The highest BCUT2D eigenvalue weighted by molar-refractivity contribution is 5.87. The van der Waals surface area contributed by atoms with Gasteiger partial charge in [-0.25, -0.2) is 0 Å². The van der Waals surface area contributed by atoms with Crippen molar-refractivity contribution in [3.8, 4) is 5.75 Å². The second-order valence-corrected chi connectivity index (χ2v) is 7.68. The van der Waals surface area contributed by atoms with Gasteiger partial charge in [-0.15, -0.1) is 0 Å². The quantitative estimate of drug-likeness (QED) is 0.563. The van der Waals surface area contributed by atoms with Gasteiger partial charge in [0.2, 0.25) is 11.8 Å². The minimum absolute atomic E-state index is 0.0236. The summed E-state index contributed by atoms with van der Waals surface area (Å²) in [6, 6.07) is 15.3. The Labute approximate surface area is 180 Å². The third-order valence-electron chi connectivity index (χ3n) is 5.26. The highest BCUT2D eigenvalue weighted by atomic mass is 16.5. The van der Waals surface area contributed by atoms with E-state index in [1.54, 1.807) is 18.9 Å². The average molecular weight is 411 g/mol. The summed E-state index contributed by atoms with van der Waals surface area (Å²) in [5.41, 5.74) is 3.29. The van der Waals surface area contributed by atoms with Gasteiger partial charge in [0, 0.05) is 19.5 Å². The molecule has 0 aliphatic rings.